The molecule has 1 rings (SSSR count). The lowest BCUT2D eigenvalue weighted by Gasteiger charge is -2.14. The van der Waals surface area contributed by atoms with Crippen molar-refractivity contribution >= 4 is 10.0 Å². The van der Waals surface area contributed by atoms with Gasteiger partial charge in [-0.25, -0.2) is 13.1 Å². The van der Waals surface area contributed by atoms with Crippen molar-refractivity contribution in [2.75, 3.05) is 27.4 Å². The summed E-state index contributed by atoms with van der Waals surface area (Å²) in [5, 5.41) is 9.28. The van der Waals surface area contributed by atoms with Gasteiger partial charge in [0.1, 0.15) is 0 Å². The van der Waals surface area contributed by atoms with Gasteiger partial charge in [0.2, 0.25) is 10.0 Å². The van der Waals surface area contributed by atoms with Crippen molar-refractivity contribution in [2.24, 2.45) is 0 Å². The van der Waals surface area contributed by atoms with Gasteiger partial charge in [-0.05, 0) is 12.5 Å². The minimum atomic E-state index is -3.63. The van der Waals surface area contributed by atoms with Crippen LogP contribution >= 0.6 is 0 Å². The molecule has 1 unspecified atom stereocenters. The number of methoxy groups -OCH3 is 2. The molecule has 0 bridgehead atoms. The Balaban J connectivity index is 2.82. The number of aromatic nitrogens is 1. The summed E-state index contributed by atoms with van der Waals surface area (Å²) in [5.41, 5.74) is 0.581. The van der Waals surface area contributed by atoms with Crippen LogP contribution in [-0.2, 0) is 32.6 Å². The number of sulfonamides is 1. The van der Waals surface area contributed by atoms with E-state index in [1.807, 2.05) is 6.92 Å². The lowest BCUT2D eigenvalue weighted by atomic mass is 10.4. The molecule has 8 heteroatoms. The second kappa shape index (κ2) is 8.50. The molecule has 0 radical (unpaired) electrons. The number of aliphatic hydroxyl groups is 1. The molecule has 0 fully saturated rings. The fourth-order valence-corrected chi connectivity index (χ4v) is 3.06. The van der Waals surface area contributed by atoms with Crippen molar-refractivity contribution in [2.45, 2.75) is 37.5 Å². The van der Waals surface area contributed by atoms with E-state index >= 15 is 0 Å². The molecule has 0 aliphatic carbocycles. The quantitative estimate of drug-likeness (QED) is 0.648. The fourth-order valence-electron chi connectivity index (χ4n) is 1.94. The molecular weight excluding hydrogens is 296 g/mol. The molecule has 1 aromatic rings. The molecule has 0 amide bonds. The second-order valence-corrected chi connectivity index (χ2v) is 6.45. The van der Waals surface area contributed by atoms with E-state index in [1.165, 1.54) is 26.5 Å². The van der Waals surface area contributed by atoms with Crippen LogP contribution in [0.2, 0.25) is 0 Å². The molecule has 21 heavy (non-hydrogen) atoms. The summed E-state index contributed by atoms with van der Waals surface area (Å²) in [6.45, 7) is 2.88. The molecule has 2 N–H and O–H groups in total. The van der Waals surface area contributed by atoms with Crippen LogP contribution in [0.15, 0.2) is 17.2 Å². The van der Waals surface area contributed by atoms with Crippen LogP contribution in [0.5, 0.6) is 0 Å². The molecule has 1 aromatic heterocycles. The second-order valence-electron chi connectivity index (χ2n) is 4.68. The highest BCUT2D eigenvalue weighted by Crippen LogP contribution is 2.15. The van der Waals surface area contributed by atoms with Crippen molar-refractivity contribution in [1.29, 1.82) is 0 Å². The number of hydrogen-bond acceptors (Lipinski definition) is 5. The third kappa shape index (κ3) is 5.08. The summed E-state index contributed by atoms with van der Waals surface area (Å²) in [7, 11) is -0.605. The van der Waals surface area contributed by atoms with E-state index in [4.69, 9.17) is 9.47 Å². The summed E-state index contributed by atoms with van der Waals surface area (Å²) in [6.07, 6.45) is 2.05. The van der Waals surface area contributed by atoms with E-state index in [2.05, 4.69) is 4.72 Å². The third-order valence-electron chi connectivity index (χ3n) is 3.08. The Labute approximate surface area is 125 Å². The Morgan fingerprint density at radius 2 is 2.14 bits per heavy atom. The zero-order valence-electron chi connectivity index (χ0n) is 12.7. The molecule has 0 aliphatic heterocycles. The van der Waals surface area contributed by atoms with Crippen molar-refractivity contribution < 1.29 is 23.0 Å². The summed E-state index contributed by atoms with van der Waals surface area (Å²) in [6, 6.07) is 1.48. The van der Waals surface area contributed by atoms with E-state index in [0.717, 1.165) is 6.42 Å². The van der Waals surface area contributed by atoms with Crippen LogP contribution in [0, 0.1) is 0 Å². The molecule has 0 saturated carbocycles. The van der Waals surface area contributed by atoms with Gasteiger partial charge in [0.05, 0.1) is 24.2 Å². The number of nitrogens with zero attached hydrogens (tertiary/aromatic N) is 1. The minimum Gasteiger partial charge on any atom is -0.390 e. The maximum atomic E-state index is 12.2. The van der Waals surface area contributed by atoms with Crippen LogP contribution in [0.3, 0.4) is 0 Å². The third-order valence-corrected chi connectivity index (χ3v) is 4.48. The Morgan fingerprint density at radius 3 is 2.67 bits per heavy atom. The molecule has 0 aliphatic rings. The SMILES string of the molecule is CCCn1cc(S(=O)(=O)NCC(COC)OC)cc1CO. The highest BCUT2D eigenvalue weighted by molar-refractivity contribution is 7.89. The monoisotopic (exact) mass is 320 g/mol. The first-order valence-corrected chi connectivity index (χ1v) is 8.28. The number of nitrogens with one attached hydrogen (secondary N) is 1. The van der Waals surface area contributed by atoms with Gasteiger partial charge >= 0.3 is 0 Å². The first kappa shape index (κ1) is 18.1. The molecule has 1 heterocycles. The molecule has 0 aromatic carbocycles. The van der Waals surface area contributed by atoms with Crippen LogP contribution in [0.25, 0.3) is 0 Å². The van der Waals surface area contributed by atoms with Crippen molar-refractivity contribution in [3.8, 4) is 0 Å². The van der Waals surface area contributed by atoms with Gasteiger partial charge in [0.25, 0.3) is 0 Å². The van der Waals surface area contributed by atoms with Crippen molar-refractivity contribution in [3.63, 3.8) is 0 Å². The maximum absolute atomic E-state index is 12.2. The first-order chi connectivity index (χ1) is 9.98. The van der Waals surface area contributed by atoms with Gasteiger partial charge in [-0.3, -0.25) is 0 Å². The van der Waals surface area contributed by atoms with Gasteiger partial charge in [-0.1, -0.05) is 6.92 Å². The zero-order valence-corrected chi connectivity index (χ0v) is 13.5. The van der Waals surface area contributed by atoms with E-state index < -0.39 is 10.0 Å². The number of rotatable bonds is 10. The molecule has 122 valence electrons. The van der Waals surface area contributed by atoms with Gasteiger partial charge in [-0.2, -0.15) is 0 Å². The Kier molecular flexibility index (Phi) is 7.33. The molecule has 0 saturated heterocycles. The normalized spacial score (nSPS) is 13.5. The summed E-state index contributed by atoms with van der Waals surface area (Å²) >= 11 is 0. The standard InChI is InChI=1S/C13H24N2O5S/c1-4-5-15-8-13(6-11(15)9-16)21(17,18)14-7-12(20-3)10-19-2/h6,8,12,14,16H,4-5,7,9-10H2,1-3H3. The summed E-state index contributed by atoms with van der Waals surface area (Å²) < 4.78 is 38.8. The van der Waals surface area contributed by atoms with Crippen LogP contribution in [-0.4, -0.2) is 51.6 Å². The van der Waals surface area contributed by atoms with Crippen molar-refractivity contribution in [3.05, 3.63) is 18.0 Å². The molecule has 7 nitrogen and oxygen atoms in total. The highest BCUT2D eigenvalue weighted by Gasteiger charge is 2.19. The smallest absolute Gasteiger partial charge is 0.242 e. The fraction of sp³-hybridized carbons (Fsp3) is 0.692. The topological polar surface area (TPSA) is 89.8 Å². The predicted octanol–water partition coefficient (Wildman–Crippen LogP) is 0.330. The van der Waals surface area contributed by atoms with Gasteiger partial charge in [0.15, 0.2) is 0 Å². The molecule has 0 spiro atoms. The lowest BCUT2D eigenvalue weighted by molar-refractivity contribution is 0.0320. The van der Waals surface area contributed by atoms with Gasteiger partial charge in [0, 0.05) is 39.2 Å². The molecular formula is C13H24N2O5S. The Bertz CT molecular complexity index is 527. The van der Waals surface area contributed by atoms with Crippen LogP contribution in [0.4, 0.5) is 0 Å². The Hall–Kier alpha value is -0.930. The predicted molar refractivity (Wildman–Crippen MR) is 78.5 cm³/mol. The van der Waals surface area contributed by atoms with E-state index in [-0.39, 0.29) is 24.2 Å². The number of hydrogen-bond donors (Lipinski definition) is 2. The average Bonchev–Trinajstić information content (AvgIpc) is 2.88. The number of ether oxygens (including phenoxy) is 2. The summed E-state index contributed by atoms with van der Waals surface area (Å²) in [5.74, 6) is 0. The van der Waals surface area contributed by atoms with E-state index in [9.17, 15) is 13.5 Å². The molecule has 1 atom stereocenters. The summed E-state index contributed by atoms with van der Waals surface area (Å²) in [4.78, 5) is 0.146. The van der Waals surface area contributed by atoms with E-state index in [0.29, 0.717) is 18.8 Å². The van der Waals surface area contributed by atoms with Crippen LogP contribution < -0.4 is 4.72 Å². The largest absolute Gasteiger partial charge is 0.390 e. The van der Waals surface area contributed by atoms with E-state index in [1.54, 1.807) is 4.57 Å². The number of aliphatic hydroxyl groups excluding tert-OH is 1. The minimum absolute atomic E-state index is 0.125. The Morgan fingerprint density at radius 1 is 1.43 bits per heavy atom. The van der Waals surface area contributed by atoms with Gasteiger partial charge in [-0.15, -0.1) is 0 Å². The van der Waals surface area contributed by atoms with Gasteiger partial charge < -0.3 is 19.1 Å². The maximum Gasteiger partial charge on any atom is 0.242 e. The zero-order chi connectivity index (χ0) is 15.9. The number of aryl methyl sites for hydroxylation is 1. The lowest BCUT2D eigenvalue weighted by Crippen LogP contribution is -2.35. The highest BCUT2D eigenvalue weighted by atomic mass is 32.2. The first-order valence-electron chi connectivity index (χ1n) is 6.79. The average molecular weight is 320 g/mol. The van der Waals surface area contributed by atoms with Crippen molar-refractivity contribution in [1.82, 2.24) is 9.29 Å². The van der Waals surface area contributed by atoms with Crippen LogP contribution in [0.1, 0.15) is 19.0 Å².